The summed E-state index contributed by atoms with van der Waals surface area (Å²) in [6, 6.07) is 9.97. The summed E-state index contributed by atoms with van der Waals surface area (Å²) in [6.45, 7) is 6.44. The summed E-state index contributed by atoms with van der Waals surface area (Å²) in [7, 11) is 0. The fourth-order valence-corrected chi connectivity index (χ4v) is 5.92. The van der Waals surface area contributed by atoms with Crippen molar-refractivity contribution in [1.29, 1.82) is 0 Å². The first-order valence-electron chi connectivity index (χ1n) is 12.6. The Morgan fingerprint density at radius 2 is 1.88 bits per heavy atom. The average molecular weight is 464 g/mol. The molecule has 2 heterocycles. The van der Waals surface area contributed by atoms with Crippen LogP contribution < -0.4 is 5.32 Å². The first-order chi connectivity index (χ1) is 16.3. The molecular formula is C29H37NO4. The van der Waals surface area contributed by atoms with Gasteiger partial charge in [0.15, 0.2) is 0 Å². The van der Waals surface area contributed by atoms with Crippen molar-refractivity contribution in [2.75, 3.05) is 0 Å². The summed E-state index contributed by atoms with van der Waals surface area (Å²) < 4.78 is 6.14. The highest BCUT2D eigenvalue weighted by Gasteiger charge is 2.64. The zero-order chi connectivity index (χ0) is 24.3. The van der Waals surface area contributed by atoms with Crippen LogP contribution in [0, 0.1) is 23.7 Å². The fraction of sp³-hybridized carbons (Fsp3) is 0.517. The highest BCUT2D eigenvalue weighted by Crippen LogP contribution is 2.50. The van der Waals surface area contributed by atoms with Gasteiger partial charge in [0, 0.05) is 24.0 Å². The van der Waals surface area contributed by atoms with Crippen molar-refractivity contribution in [2.45, 2.75) is 70.6 Å². The van der Waals surface area contributed by atoms with Gasteiger partial charge in [-0.05, 0) is 49.7 Å². The molecule has 3 aliphatic rings. The maximum atomic E-state index is 13.7. The Labute approximate surface area is 203 Å². The second-order valence-corrected chi connectivity index (χ2v) is 10.4. The first kappa shape index (κ1) is 24.5. The molecule has 34 heavy (non-hydrogen) atoms. The largest absolute Gasteiger partial charge is 0.444 e. The molecule has 0 unspecified atom stereocenters. The van der Waals surface area contributed by atoms with Crippen molar-refractivity contribution in [1.82, 2.24) is 5.32 Å². The van der Waals surface area contributed by atoms with Gasteiger partial charge >= 0.3 is 5.97 Å². The number of hydrogen-bond donors (Lipinski definition) is 2. The van der Waals surface area contributed by atoms with E-state index in [1.54, 1.807) is 0 Å². The molecule has 5 heteroatoms. The normalized spacial score (nSPS) is 38.4. The number of hydrogen-bond acceptors (Lipinski definition) is 4. The van der Waals surface area contributed by atoms with Gasteiger partial charge in [-0.3, -0.25) is 4.79 Å². The fourth-order valence-electron chi connectivity index (χ4n) is 5.92. The Morgan fingerprint density at radius 1 is 1.12 bits per heavy atom. The maximum Gasteiger partial charge on any atom is 0.331 e. The lowest BCUT2D eigenvalue weighted by atomic mass is 9.63. The van der Waals surface area contributed by atoms with Crippen LogP contribution in [0.4, 0.5) is 0 Å². The maximum absolute atomic E-state index is 13.7. The van der Waals surface area contributed by atoms with Crippen LogP contribution in [0.25, 0.3) is 0 Å². The van der Waals surface area contributed by atoms with E-state index >= 15 is 0 Å². The Hall–Kier alpha value is -2.66. The molecule has 1 aliphatic carbocycles. The van der Waals surface area contributed by atoms with Gasteiger partial charge in [-0.2, -0.15) is 0 Å². The smallest absolute Gasteiger partial charge is 0.331 e. The first-order valence-corrected chi connectivity index (χ1v) is 12.6. The quantitative estimate of drug-likeness (QED) is 0.499. The molecule has 4 rings (SSSR count). The lowest BCUT2D eigenvalue weighted by Gasteiger charge is -2.44. The van der Waals surface area contributed by atoms with Crippen LogP contribution in [0.2, 0.25) is 0 Å². The van der Waals surface area contributed by atoms with Gasteiger partial charge in [0.25, 0.3) is 5.91 Å². The van der Waals surface area contributed by atoms with Gasteiger partial charge in [0.05, 0.1) is 6.10 Å². The SMILES string of the molecule is CC1=C[C@H]2/C=C/C[C@H](C)CCC[C@@H](O)/C=C/C(=O)O[C@@]23C(=O)N[C@@H](Cc2ccccc2)[C@@H]3[C@@H]1C. The lowest BCUT2D eigenvalue weighted by molar-refractivity contribution is -0.172. The van der Waals surface area contributed by atoms with Gasteiger partial charge in [0.2, 0.25) is 5.60 Å². The minimum Gasteiger partial charge on any atom is -0.444 e. The van der Waals surface area contributed by atoms with Crippen molar-refractivity contribution < 1.29 is 19.4 Å². The van der Waals surface area contributed by atoms with Gasteiger partial charge < -0.3 is 15.2 Å². The lowest BCUT2D eigenvalue weighted by Crippen LogP contribution is -2.56. The molecule has 0 aromatic heterocycles. The number of esters is 1. The standard InChI is InChI=1S/C29H37NO4/c1-19-9-7-13-23-17-20(2)21(3)27-25(18-22-11-5-4-6-12-22)30-28(33)29(23,27)34-26(32)16-15-24(31)14-8-10-19/h4-7,11-13,15-17,19,21,23-25,27,31H,8-10,14,18H2,1-3H3,(H,30,33)/b13-7+,16-15+/t19-,21+,23+,24+,25-,27-,29-/m0/s1. The zero-order valence-corrected chi connectivity index (χ0v) is 20.4. The Balaban J connectivity index is 1.75. The third-order valence-corrected chi connectivity index (χ3v) is 7.90. The minimum absolute atomic E-state index is 0.0671. The number of aliphatic hydroxyl groups excluding tert-OH is 1. The van der Waals surface area contributed by atoms with E-state index in [9.17, 15) is 14.7 Å². The predicted molar refractivity (Wildman–Crippen MR) is 133 cm³/mol. The summed E-state index contributed by atoms with van der Waals surface area (Å²) in [5.74, 6) is -0.813. The summed E-state index contributed by atoms with van der Waals surface area (Å²) >= 11 is 0. The molecule has 182 valence electrons. The molecule has 0 bridgehead atoms. The van der Waals surface area contributed by atoms with E-state index in [1.807, 2.05) is 18.2 Å². The number of carbonyl (C=O) groups is 2. The predicted octanol–water partition coefficient (Wildman–Crippen LogP) is 4.52. The molecule has 1 fully saturated rings. The van der Waals surface area contributed by atoms with Crippen LogP contribution in [0.15, 0.2) is 66.3 Å². The molecule has 0 saturated carbocycles. The zero-order valence-electron chi connectivity index (χ0n) is 20.4. The Morgan fingerprint density at radius 3 is 2.65 bits per heavy atom. The third kappa shape index (κ3) is 4.90. The molecule has 0 radical (unpaired) electrons. The Kier molecular flexibility index (Phi) is 7.42. The van der Waals surface area contributed by atoms with Crippen molar-refractivity contribution in [2.24, 2.45) is 23.7 Å². The molecule has 7 atom stereocenters. The molecule has 1 aromatic rings. The number of allylic oxidation sites excluding steroid dienone is 2. The second kappa shape index (κ2) is 10.3. The van der Waals surface area contributed by atoms with Crippen LogP contribution in [0.1, 0.15) is 52.0 Å². The molecule has 1 amide bonds. The van der Waals surface area contributed by atoms with E-state index in [0.29, 0.717) is 18.8 Å². The van der Waals surface area contributed by atoms with E-state index in [4.69, 9.17) is 4.74 Å². The minimum atomic E-state index is -1.31. The number of nitrogens with one attached hydrogen (secondary N) is 1. The van der Waals surface area contributed by atoms with Gasteiger partial charge in [-0.1, -0.05) is 80.8 Å². The number of aliphatic hydroxyl groups is 1. The van der Waals surface area contributed by atoms with Gasteiger partial charge in [0.1, 0.15) is 0 Å². The number of amides is 1. The molecule has 2 aliphatic heterocycles. The number of rotatable bonds is 2. The van der Waals surface area contributed by atoms with Crippen molar-refractivity contribution >= 4 is 11.9 Å². The van der Waals surface area contributed by atoms with Gasteiger partial charge in [-0.15, -0.1) is 0 Å². The van der Waals surface area contributed by atoms with Gasteiger partial charge in [-0.25, -0.2) is 4.79 Å². The van der Waals surface area contributed by atoms with Crippen molar-refractivity contribution in [3.05, 3.63) is 71.8 Å². The van der Waals surface area contributed by atoms with E-state index in [0.717, 1.165) is 24.8 Å². The number of benzene rings is 1. The summed E-state index contributed by atoms with van der Waals surface area (Å²) in [4.78, 5) is 26.7. The highest BCUT2D eigenvalue weighted by atomic mass is 16.6. The third-order valence-electron chi connectivity index (χ3n) is 7.90. The van der Waals surface area contributed by atoms with Crippen LogP contribution in [-0.2, 0) is 20.7 Å². The number of carbonyl (C=O) groups excluding carboxylic acids is 2. The molecule has 2 N–H and O–H groups in total. The molecular weight excluding hydrogens is 426 g/mol. The van der Waals surface area contributed by atoms with E-state index in [-0.39, 0.29) is 29.7 Å². The Bertz CT molecular complexity index is 981. The molecule has 1 saturated heterocycles. The molecule has 1 aromatic carbocycles. The topological polar surface area (TPSA) is 75.6 Å². The molecule has 5 nitrogen and oxygen atoms in total. The summed E-state index contributed by atoms with van der Waals surface area (Å²) in [5, 5.41) is 13.5. The second-order valence-electron chi connectivity index (χ2n) is 10.4. The van der Waals surface area contributed by atoms with E-state index in [2.05, 4.69) is 56.4 Å². The molecule has 1 spiro atoms. The van der Waals surface area contributed by atoms with Crippen LogP contribution >= 0.6 is 0 Å². The van der Waals surface area contributed by atoms with Crippen molar-refractivity contribution in [3.63, 3.8) is 0 Å². The average Bonchev–Trinajstić information content (AvgIpc) is 3.07. The van der Waals surface area contributed by atoms with Crippen molar-refractivity contribution in [3.8, 4) is 0 Å². The summed E-state index contributed by atoms with van der Waals surface area (Å²) in [6.07, 6.45) is 12.5. The highest BCUT2D eigenvalue weighted by molar-refractivity contribution is 5.94. The number of ether oxygens (including phenoxy) is 1. The summed E-state index contributed by atoms with van der Waals surface area (Å²) in [5.41, 5.74) is 1.04. The monoisotopic (exact) mass is 463 g/mol. The van der Waals surface area contributed by atoms with Crippen LogP contribution in [0.3, 0.4) is 0 Å². The van der Waals surface area contributed by atoms with Crippen LogP contribution in [0.5, 0.6) is 0 Å². The van der Waals surface area contributed by atoms with E-state index in [1.165, 1.54) is 17.7 Å². The van der Waals surface area contributed by atoms with E-state index < -0.39 is 17.7 Å². The van der Waals surface area contributed by atoms with Crippen LogP contribution in [-0.4, -0.2) is 34.7 Å².